The quantitative estimate of drug-likeness (QED) is 0.793. The molecule has 0 atom stereocenters. The molecule has 0 aromatic rings. The lowest BCUT2D eigenvalue weighted by molar-refractivity contribution is -0.156. The molecule has 0 aromatic heterocycles. The largest absolute Gasteiger partial charge is 0.481 e. The minimum absolute atomic E-state index is 0.0694. The molecule has 1 saturated carbocycles. The topological polar surface area (TPSA) is 74.7 Å². The van der Waals surface area contributed by atoms with Crippen LogP contribution in [0, 0.1) is 5.41 Å². The molecule has 1 aliphatic heterocycles. The number of amides is 2. The van der Waals surface area contributed by atoms with Crippen LogP contribution in [-0.4, -0.2) is 34.3 Å². The van der Waals surface area contributed by atoms with Crippen molar-refractivity contribution in [1.82, 2.24) is 4.90 Å². The van der Waals surface area contributed by atoms with Gasteiger partial charge in [-0.05, 0) is 25.7 Å². The van der Waals surface area contributed by atoms with Crippen molar-refractivity contribution in [3.63, 3.8) is 0 Å². The van der Waals surface area contributed by atoms with Crippen molar-refractivity contribution >= 4 is 17.8 Å². The van der Waals surface area contributed by atoms with Crippen LogP contribution >= 0.6 is 0 Å². The van der Waals surface area contributed by atoms with E-state index in [1.807, 2.05) is 0 Å². The van der Waals surface area contributed by atoms with Gasteiger partial charge in [0.25, 0.3) is 0 Å². The molecule has 2 rings (SSSR count). The van der Waals surface area contributed by atoms with Crippen LogP contribution in [-0.2, 0) is 14.4 Å². The van der Waals surface area contributed by atoms with Crippen molar-refractivity contribution < 1.29 is 19.5 Å². The van der Waals surface area contributed by atoms with E-state index in [-0.39, 0.29) is 18.4 Å². The van der Waals surface area contributed by atoms with Gasteiger partial charge in [0.05, 0.1) is 5.41 Å². The van der Waals surface area contributed by atoms with E-state index in [2.05, 4.69) is 0 Å². The SMILES string of the molecule is O=C1CCCCC(=O)N1CC1(C(=O)O)CCCCC1. The molecule has 0 radical (unpaired) electrons. The molecule has 106 valence electrons. The van der Waals surface area contributed by atoms with Gasteiger partial charge >= 0.3 is 5.97 Å². The van der Waals surface area contributed by atoms with Crippen molar-refractivity contribution in [3.05, 3.63) is 0 Å². The second-order valence-electron chi connectivity index (χ2n) is 5.73. The minimum Gasteiger partial charge on any atom is -0.481 e. The average molecular weight is 267 g/mol. The van der Waals surface area contributed by atoms with Crippen LogP contribution in [0.5, 0.6) is 0 Å². The van der Waals surface area contributed by atoms with Crippen LogP contribution in [0.15, 0.2) is 0 Å². The third-order valence-electron chi connectivity index (χ3n) is 4.36. The number of carbonyl (C=O) groups is 3. The Kier molecular flexibility index (Phi) is 4.22. The molecular weight excluding hydrogens is 246 g/mol. The Labute approximate surface area is 113 Å². The third kappa shape index (κ3) is 2.96. The fourth-order valence-corrected chi connectivity index (χ4v) is 3.11. The molecule has 2 aliphatic rings. The molecule has 5 heteroatoms. The summed E-state index contributed by atoms with van der Waals surface area (Å²) in [5, 5.41) is 9.51. The number of likely N-dealkylation sites (tertiary alicyclic amines) is 1. The Morgan fingerprint density at radius 1 is 1.00 bits per heavy atom. The van der Waals surface area contributed by atoms with E-state index in [1.165, 1.54) is 4.90 Å². The maximum Gasteiger partial charge on any atom is 0.311 e. The number of aliphatic carboxylic acids is 1. The van der Waals surface area contributed by atoms with Crippen molar-refractivity contribution in [2.45, 2.75) is 57.8 Å². The lowest BCUT2D eigenvalue weighted by Crippen LogP contribution is -2.48. The summed E-state index contributed by atoms with van der Waals surface area (Å²) in [7, 11) is 0. The number of rotatable bonds is 3. The summed E-state index contributed by atoms with van der Waals surface area (Å²) in [4.78, 5) is 36.8. The van der Waals surface area contributed by atoms with Gasteiger partial charge in [0, 0.05) is 19.4 Å². The summed E-state index contributed by atoms with van der Waals surface area (Å²) < 4.78 is 0. The molecule has 0 aromatic carbocycles. The highest BCUT2D eigenvalue weighted by Crippen LogP contribution is 2.38. The Bertz CT molecular complexity index is 367. The van der Waals surface area contributed by atoms with Gasteiger partial charge in [-0.25, -0.2) is 0 Å². The van der Waals surface area contributed by atoms with Crippen LogP contribution in [0.1, 0.15) is 57.8 Å². The molecule has 1 N–H and O–H groups in total. The minimum atomic E-state index is -0.909. The lowest BCUT2D eigenvalue weighted by Gasteiger charge is -2.36. The van der Waals surface area contributed by atoms with Crippen molar-refractivity contribution in [1.29, 1.82) is 0 Å². The Morgan fingerprint density at radius 3 is 2.00 bits per heavy atom. The molecule has 0 unspecified atom stereocenters. The van der Waals surface area contributed by atoms with Crippen LogP contribution < -0.4 is 0 Å². The monoisotopic (exact) mass is 267 g/mol. The van der Waals surface area contributed by atoms with Gasteiger partial charge in [-0.2, -0.15) is 0 Å². The summed E-state index contributed by atoms with van der Waals surface area (Å²) in [5.74, 6) is -1.26. The van der Waals surface area contributed by atoms with Gasteiger partial charge in [-0.1, -0.05) is 19.3 Å². The number of carboxylic acid groups (broad SMARTS) is 1. The number of hydrogen-bond donors (Lipinski definition) is 1. The summed E-state index contributed by atoms with van der Waals surface area (Å²) >= 11 is 0. The first-order valence-corrected chi connectivity index (χ1v) is 7.12. The molecule has 1 saturated heterocycles. The van der Waals surface area contributed by atoms with Gasteiger partial charge in [-0.15, -0.1) is 0 Å². The lowest BCUT2D eigenvalue weighted by atomic mass is 9.73. The number of nitrogens with zero attached hydrogens (tertiary/aromatic N) is 1. The molecule has 5 nitrogen and oxygen atoms in total. The molecule has 2 amide bonds. The predicted octanol–water partition coefficient (Wildman–Crippen LogP) is 1.95. The van der Waals surface area contributed by atoms with Gasteiger partial charge in [-0.3, -0.25) is 19.3 Å². The van der Waals surface area contributed by atoms with Crippen LogP contribution in [0.3, 0.4) is 0 Å². The van der Waals surface area contributed by atoms with Gasteiger partial charge in [0.15, 0.2) is 0 Å². The van der Waals surface area contributed by atoms with Crippen LogP contribution in [0.2, 0.25) is 0 Å². The fraction of sp³-hybridized carbons (Fsp3) is 0.786. The summed E-state index contributed by atoms with van der Waals surface area (Å²) in [6, 6.07) is 0. The van der Waals surface area contributed by atoms with E-state index >= 15 is 0 Å². The summed E-state index contributed by atoms with van der Waals surface area (Å²) in [6.45, 7) is 0.0694. The second kappa shape index (κ2) is 5.72. The molecular formula is C14H21NO4. The van der Waals surface area contributed by atoms with Gasteiger partial charge in [0.2, 0.25) is 11.8 Å². The number of imide groups is 1. The van der Waals surface area contributed by atoms with Crippen LogP contribution in [0.25, 0.3) is 0 Å². The normalized spacial score (nSPS) is 24.1. The van der Waals surface area contributed by atoms with E-state index < -0.39 is 11.4 Å². The van der Waals surface area contributed by atoms with Gasteiger partial charge < -0.3 is 5.11 Å². The number of carbonyl (C=O) groups excluding carboxylic acids is 2. The van der Waals surface area contributed by atoms with E-state index in [9.17, 15) is 19.5 Å². The highest BCUT2D eigenvalue weighted by molar-refractivity contribution is 5.96. The fourth-order valence-electron chi connectivity index (χ4n) is 3.11. The zero-order chi connectivity index (χ0) is 13.9. The zero-order valence-electron chi connectivity index (χ0n) is 11.2. The Morgan fingerprint density at radius 2 is 1.53 bits per heavy atom. The first-order chi connectivity index (χ1) is 9.05. The Balaban J connectivity index is 2.17. The zero-order valence-corrected chi connectivity index (χ0v) is 11.2. The molecule has 0 bridgehead atoms. The summed E-state index contributed by atoms with van der Waals surface area (Å²) in [5.41, 5.74) is -0.909. The summed E-state index contributed by atoms with van der Waals surface area (Å²) in [6.07, 6.45) is 6.08. The highest BCUT2D eigenvalue weighted by atomic mass is 16.4. The van der Waals surface area contributed by atoms with E-state index in [0.29, 0.717) is 25.7 Å². The maximum absolute atomic E-state index is 12.0. The number of hydrogen-bond acceptors (Lipinski definition) is 3. The molecule has 19 heavy (non-hydrogen) atoms. The Hall–Kier alpha value is -1.39. The molecule has 1 aliphatic carbocycles. The maximum atomic E-state index is 12.0. The molecule has 2 fully saturated rings. The smallest absolute Gasteiger partial charge is 0.311 e. The van der Waals surface area contributed by atoms with E-state index in [4.69, 9.17) is 0 Å². The van der Waals surface area contributed by atoms with E-state index in [0.717, 1.165) is 32.1 Å². The second-order valence-corrected chi connectivity index (χ2v) is 5.73. The van der Waals surface area contributed by atoms with Crippen molar-refractivity contribution in [3.8, 4) is 0 Å². The van der Waals surface area contributed by atoms with Crippen molar-refractivity contribution in [2.24, 2.45) is 5.41 Å². The predicted molar refractivity (Wildman–Crippen MR) is 68.3 cm³/mol. The third-order valence-corrected chi connectivity index (χ3v) is 4.36. The average Bonchev–Trinajstić information content (AvgIpc) is 2.55. The standard InChI is InChI=1S/C14H21NO4/c16-11-6-2-3-7-12(17)15(11)10-14(13(18)19)8-4-1-5-9-14/h1-10H2,(H,18,19). The molecule has 0 spiro atoms. The highest BCUT2D eigenvalue weighted by Gasteiger charge is 2.43. The first-order valence-electron chi connectivity index (χ1n) is 7.12. The van der Waals surface area contributed by atoms with Crippen molar-refractivity contribution in [2.75, 3.05) is 6.54 Å². The van der Waals surface area contributed by atoms with E-state index in [1.54, 1.807) is 0 Å². The molecule has 1 heterocycles. The van der Waals surface area contributed by atoms with Gasteiger partial charge in [0.1, 0.15) is 0 Å². The number of carboxylic acids is 1. The van der Waals surface area contributed by atoms with Crippen LogP contribution in [0.4, 0.5) is 0 Å². The first kappa shape index (κ1) is 14.0.